The predicted molar refractivity (Wildman–Crippen MR) is 94.3 cm³/mol. The number of anilines is 1. The van der Waals surface area contributed by atoms with Crippen molar-refractivity contribution in [3.05, 3.63) is 40.4 Å². The van der Waals surface area contributed by atoms with Gasteiger partial charge in [-0.05, 0) is 39.3 Å². The molecule has 1 atom stereocenters. The number of ether oxygens (including phenoxy) is 1. The third-order valence-corrected chi connectivity index (χ3v) is 4.07. The Kier molecular flexibility index (Phi) is 4.41. The van der Waals surface area contributed by atoms with Gasteiger partial charge in [-0.3, -0.25) is 4.79 Å². The smallest absolute Gasteiger partial charge is 0.251 e. The minimum absolute atomic E-state index is 0.135. The van der Waals surface area contributed by atoms with Gasteiger partial charge in [0.15, 0.2) is 0 Å². The molecule has 1 aliphatic heterocycles. The topological polar surface area (TPSA) is 71.1 Å². The molecule has 1 aliphatic rings. The van der Waals surface area contributed by atoms with E-state index in [0.717, 1.165) is 36.6 Å². The van der Waals surface area contributed by atoms with Crippen LogP contribution in [-0.4, -0.2) is 39.7 Å². The van der Waals surface area contributed by atoms with Gasteiger partial charge >= 0.3 is 0 Å². The molecule has 0 unspecified atom stereocenters. The average molecular weight is 328 g/mol. The van der Waals surface area contributed by atoms with Crippen LogP contribution in [0.4, 0.5) is 5.82 Å². The van der Waals surface area contributed by atoms with E-state index in [-0.39, 0.29) is 17.3 Å². The van der Waals surface area contributed by atoms with Crippen LogP contribution in [0.2, 0.25) is 0 Å². The van der Waals surface area contributed by atoms with E-state index in [1.165, 1.54) is 6.07 Å². The summed E-state index contributed by atoms with van der Waals surface area (Å²) in [6.45, 7) is 9.85. The molecule has 0 bridgehead atoms. The number of hydrogen-bond donors (Lipinski definition) is 1. The molecule has 1 N–H and O–H groups in total. The number of aromatic nitrogens is 3. The summed E-state index contributed by atoms with van der Waals surface area (Å²) < 4.78 is 5.94. The summed E-state index contributed by atoms with van der Waals surface area (Å²) in [4.78, 5) is 25.8. The summed E-state index contributed by atoms with van der Waals surface area (Å²) in [5.41, 5.74) is 1.26. The van der Waals surface area contributed by atoms with Crippen molar-refractivity contribution in [3.63, 3.8) is 0 Å². The monoisotopic (exact) mass is 328 g/mol. The number of H-pyrrole nitrogens is 1. The lowest BCUT2D eigenvalue weighted by atomic mass is 10.1. The summed E-state index contributed by atoms with van der Waals surface area (Å²) >= 11 is 0. The van der Waals surface area contributed by atoms with Gasteiger partial charge < -0.3 is 14.6 Å². The fraction of sp³-hybridized carbons (Fsp3) is 0.500. The van der Waals surface area contributed by atoms with Crippen LogP contribution in [0.1, 0.15) is 33.4 Å². The van der Waals surface area contributed by atoms with Crippen LogP contribution in [0.5, 0.6) is 0 Å². The third kappa shape index (κ3) is 3.64. The van der Waals surface area contributed by atoms with Gasteiger partial charge in [0.25, 0.3) is 5.56 Å². The maximum absolute atomic E-state index is 11.7. The Morgan fingerprint density at radius 2 is 2.21 bits per heavy atom. The zero-order valence-electron chi connectivity index (χ0n) is 14.7. The number of nitrogens with one attached hydrogen (secondary N) is 1. The molecular formula is C18H24N4O2. The molecule has 3 heterocycles. The van der Waals surface area contributed by atoms with Crippen LogP contribution in [0, 0.1) is 0 Å². The quantitative estimate of drug-likeness (QED) is 0.937. The Morgan fingerprint density at radius 3 is 2.83 bits per heavy atom. The predicted octanol–water partition coefficient (Wildman–Crippen LogP) is 2.40. The first kappa shape index (κ1) is 16.6. The number of hydrogen-bond acceptors (Lipinski definition) is 5. The van der Waals surface area contributed by atoms with E-state index in [1.54, 1.807) is 6.20 Å². The van der Waals surface area contributed by atoms with E-state index in [2.05, 4.69) is 40.6 Å². The molecule has 0 aliphatic carbocycles. The van der Waals surface area contributed by atoms with E-state index >= 15 is 0 Å². The normalized spacial score (nSPS) is 20.2. The lowest BCUT2D eigenvalue weighted by Gasteiger charge is -2.42. The molecule has 0 saturated carbocycles. The largest absolute Gasteiger partial charge is 0.369 e. The van der Waals surface area contributed by atoms with Gasteiger partial charge in [-0.1, -0.05) is 6.92 Å². The van der Waals surface area contributed by atoms with Crippen LogP contribution >= 0.6 is 0 Å². The molecule has 0 amide bonds. The molecule has 1 fully saturated rings. The fourth-order valence-corrected chi connectivity index (χ4v) is 3.17. The number of rotatable bonds is 3. The van der Waals surface area contributed by atoms with E-state index in [1.807, 2.05) is 19.1 Å². The maximum Gasteiger partial charge on any atom is 0.251 e. The Labute approximate surface area is 141 Å². The van der Waals surface area contributed by atoms with Crippen LogP contribution in [0.15, 0.2) is 29.2 Å². The van der Waals surface area contributed by atoms with Crippen LogP contribution in [-0.2, 0) is 11.2 Å². The van der Waals surface area contributed by atoms with Crippen molar-refractivity contribution in [1.29, 1.82) is 0 Å². The van der Waals surface area contributed by atoms with E-state index in [0.29, 0.717) is 5.82 Å². The van der Waals surface area contributed by atoms with Crippen molar-refractivity contribution in [1.82, 2.24) is 15.0 Å². The highest BCUT2D eigenvalue weighted by atomic mass is 16.5. The SMILES string of the molecule is CCc1cc(=O)[nH]c(-c2ccc(N3C[C@@H](C)OC(C)(C)C3)nc2)n1. The molecular weight excluding hydrogens is 304 g/mol. The second kappa shape index (κ2) is 6.36. The lowest BCUT2D eigenvalue weighted by Crippen LogP contribution is -2.52. The second-order valence-electron chi connectivity index (χ2n) is 6.91. The number of morpholine rings is 1. The van der Waals surface area contributed by atoms with Crippen LogP contribution in [0.3, 0.4) is 0 Å². The summed E-state index contributed by atoms with van der Waals surface area (Å²) in [5.74, 6) is 1.48. The number of pyridine rings is 1. The van der Waals surface area contributed by atoms with Gasteiger partial charge in [-0.25, -0.2) is 9.97 Å². The minimum atomic E-state index is -0.194. The van der Waals surface area contributed by atoms with E-state index in [4.69, 9.17) is 4.74 Å². The minimum Gasteiger partial charge on any atom is -0.369 e. The summed E-state index contributed by atoms with van der Waals surface area (Å²) in [6, 6.07) is 5.46. The Hall–Kier alpha value is -2.21. The van der Waals surface area contributed by atoms with Gasteiger partial charge in [0.2, 0.25) is 0 Å². The summed E-state index contributed by atoms with van der Waals surface area (Å²) in [7, 11) is 0. The first-order chi connectivity index (χ1) is 11.4. The Morgan fingerprint density at radius 1 is 1.42 bits per heavy atom. The van der Waals surface area contributed by atoms with Crippen molar-refractivity contribution in [3.8, 4) is 11.4 Å². The van der Waals surface area contributed by atoms with Crippen molar-refractivity contribution in [2.24, 2.45) is 0 Å². The molecule has 24 heavy (non-hydrogen) atoms. The van der Waals surface area contributed by atoms with Crippen LogP contribution < -0.4 is 10.5 Å². The average Bonchev–Trinajstić information content (AvgIpc) is 2.52. The molecule has 0 spiro atoms. The van der Waals surface area contributed by atoms with Gasteiger partial charge in [0.1, 0.15) is 11.6 Å². The molecule has 2 aromatic rings. The van der Waals surface area contributed by atoms with Crippen LogP contribution in [0.25, 0.3) is 11.4 Å². The number of nitrogens with zero attached hydrogens (tertiary/aromatic N) is 3. The molecule has 6 heteroatoms. The summed E-state index contributed by atoms with van der Waals surface area (Å²) in [5, 5.41) is 0. The molecule has 0 aromatic carbocycles. The van der Waals surface area contributed by atoms with Gasteiger partial charge in [0, 0.05) is 36.6 Å². The molecule has 6 nitrogen and oxygen atoms in total. The highest BCUT2D eigenvalue weighted by Gasteiger charge is 2.31. The van der Waals surface area contributed by atoms with Crippen molar-refractivity contribution >= 4 is 5.82 Å². The standard InChI is InChI=1S/C18H24N4O2/c1-5-14-8-16(23)21-17(20-14)13-6-7-15(19-9-13)22-10-12(2)24-18(3,4)11-22/h6-9,12H,5,10-11H2,1-4H3,(H,20,21,23)/t12-/m1/s1. The molecule has 128 valence electrons. The molecule has 2 aromatic heterocycles. The zero-order chi connectivity index (χ0) is 17.3. The first-order valence-corrected chi connectivity index (χ1v) is 8.36. The van der Waals surface area contributed by atoms with E-state index in [9.17, 15) is 4.79 Å². The number of aryl methyl sites for hydroxylation is 1. The highest BCUT2D eigenvalue weighted by Crippen LogP contribution is 2.25. The summed E-state index contributed by atoms with van der Waals surface area (Å²) in [6.07, 6.45) is 2.65. The molecule has 3 rings (SSSR count). The Balaban J connectivity index is 1.86. The van der Waals surface area contributed by atoms with Gasteiger partial charge in [-0.15, -0.1) is 0 Å². The van der Waals surface area contributed by atoms with Gasteiger partial charge in [0.05, 0.1) is 11.7 Å². The maximum atomic E-state index is 11.7. The Bertz CT molecular complexity index is 767. The van der Waals surface area contributed by atoms with E-state index < -0.39 is 0 Å². The second-order valence-corrected chi connectivity index (χ2v) is 6.91. The zero-order valence-corrected chi connectivity index (χ0v) is 14.7. The van der Waals surface area contributed by atoms with Gasteiger partial charge in [-0.2, -0.15) is 0 Å². The van der Waals surface area contributed by atoms with Crippen molar-refractivity contribution in [2.45, 2.75) is 45.8 Å². The van der Waals surface area contributed by atoms with Crippen molar-refractivity contribution < 1.29 is 4.74 Å². The number of aromatic amines is 1. The lowest BCUT2D eigenvalue weighted by molar-refractivity contribution is -0.0751. The fourth-order valence-electron chi connectivity index (χ4n) is 3.17. The molecule has 0 radical (unpaired) electrons. The third-order valence-electron chi connectivity index (χ3n) is 4.07. The highest BCUT2D eigenvalue weighted by molar-refractivity contribution is 5.56. The first-order valence-electron chi connectivity index (χ1n) is 8.36. The molecule has 1 saturated heterocycles. The van der Waals surface area contributed by atoms with Crippen molar-refractivity contribution in [2.75, 3.05) is 18.0 Å².